The first-order valence-electron chi connectivity index (χ1n) is 6.84. The molecule has 2 rings (SSSR count). The second kappa shape index (κ2) is 6.05. The van der Waals surface area contributed by atoms with Gasteiger partial charge in [-0.25, -0.2) is 4.90 Å². The van der Waals surface area contributed by atoms with Crippen LogP contribution in [0.2, 0.25) is 0 Å². The summed E-state index contributed by atoms with van der Waals surface area (Å²) in [5.74, 6) is -1.15. The van der Waals surface area contributed by atoms with Gasteiger partial charge < -0.3 is 10.2 Å². The van der Waals surface area contributed by atoms with Gasteiger partial charge in [0.15, 0.2) is 0 Å². The van der Waals surface area contributed by atoms with E-state index in [-0.39, 0.29) is 5.92 Å². The molecular weight excluding hydrogens is 256 g/mol. The Balaban J connectivity index is 2.09. The number of carbonyl (C=O) groups is 1. The lowest BCUT2D eigenvalue weighted by Crippen LogP contribution is -2.24. The molecule has 0 bridgehead atoms. The first-order valence-corrected chi connectivity index (χ1v) is 6.84. The van der Waals surface area contributed by atoms with Crippen molar-refractivity contribution in [3.63, 3.8) is 0 Å². The maximum Gasteiger partial charge on any atom is 0.310 e. The normalized spacial score (nSPS) is 17.8. The summed E-state index contributed by atoms with van der Waals surface area (Å²) in [6.07, 6.45) is 1.47. The Labute approximate surface area is 118 Å². The summed E-state index contributed by atoms with van der Waals surface area (Å²) < 4.78 is 2.02. The summed E-state index contributed by atoms with van der Waals surface area (Å²) in [6, 6.07) is 7.78. The Kier molecular flexibility index (Phi) is 4.39. The molecule has 0 aliphatic carbocycles. The third-order valence-electron chi connectivity index (χ3n) is 3.55. The maximum absolute atomic E-state index is 10.9. The van der Waals surface area contributed by atoms with Gasteiger partial charge in [-0.2, -0.15) is 0 Å². The smallest absolute Gasteiger partial charge is 0.310 e. The van der Waals surface area contributed by atoms with Crippen molar-refractivity contribution in [3.05, 3.63) is 29.8 Å². The van der Waals surface area contributed by atoms with Gasteiger partial charge in [0.05, 0.1) is 18.6 Å². The van der Waals surface area contributed by atoms with Gasteiger partial charge in [-0.05, 0) is 31.5 Å². The molecule has 1 aliphatic heterocycles. The molecule has 1 aromatic rings. The highest BCUT2D eigenvalue weighted by Gasteiger charge is 2.24. The second-order valence-electron chi connectivity index (χ2n) is 5.31. The molecule has 0 saturated heterocycles. The first-order chi connectivity index (χ1) is 9.47. The predicted octanol–water partition coefficient (Wildman–Crippen LogP) is 1.32. The number of hydrogen-bond acceptors (Lipinski definition) is 3. The second-order valence-corrected chi connectivity index (χ2v) is 5.31. The van der Waals surface area contributed by atoms with E-state index in [9.17, 15) is 9.90 Å². The van der Waals surface area contributed by atoms with Gasteiger partial charge in [0.25, 0.3) is 0 Å². The number of hydrogen-bond donors (Lipinski definition) is 2. The molecule has 1 heterocycles. The highest BCUT2D eigenvalue weighted by atomic mass is 16.4. The van der Waals surface area contributed by atoms with Crippen molar-refractivity contribution < 1.29 is 19.6 Å². The lowest BCUT2D eigenvalue weighted by atomic mass is 10.1. The van der Waals surface area contributed by atoms with Crippen molar-refractivity contribution in [1.29, 1.82) is 0 Å². The quantitative estimate of drug-likeness (QED) is 0.797. The van der Waals surface area contributed by atoms with Crippen LogP contribution in [0.5, 0.6) is 0 Å². The van der Waals surface area contributed by atoms with Gasteiger partial charge >= 0.3 is 5.97 Å². The molecule has 0 spiro atoms. The van der Waals surface area contributed by atoms with E-state index < -0.39 is 12.1 Å². The van der Waals surface area contributed by atoms with Gasteiger partial charge in [-0.3, -0.25) is 9.37 Å². The number of aliphatic hydroxyl groups is 1. The van der Waals surface area contributed by atoms with Crippen molar-refractivity contribution in [3.8, 4) is 0 Å². The predicted molar refractivity (Wildman–Crippen MR) is 77.3 cm³/mol. The fourth-order valence-electron chi connectivity index (χ4n) is 2.28. The molecule has 108 valence electrons. The zero-order chi connectivity index (χ0) is 14.7. The Hall–Kier alpha value is -1.88. The van der Waals surface area contributed by atoms with Crippen LogP contribution in [0.15, 0.2) is 24.3 Å². The number of aliphatic hydroxyl groups excluding tert-OH is 1. The minimum absolute atomic E-state index is 0.380. The SMILES string of the molecule is CC(C[N+]1=CN(c2cccc(C(C)O)c2)CC1)C(=O)O. The monoisotopic (exact) mass is 277 g/mol. The molecule has 5 heteroatoms. The van der Waals surface area contributed by atoms with Gasteiger partial charge in [0.1, 0.15) is 18.8 Å². The zero-order valence-electron chi connectivity index (χ0n) is 11.9. The van der Waals surface area contributed by atoms with Gasteiger partial charge in [0, 0.05) is 0 Å². The van der Waals surface area contributed by atoms with Crippen LogP contribution in [0.25, 0.3) is 0 Å². The van der Waals surface area contributed by atoms with E-state index in [0.717, 1.165) is 24.3 Å². The Morgan fingerprint density at radius 2 is 2.20 bits per heavy atom. The van der Waals surface area contributed by atoms with E-state index in [0.29, 0.717) is 6.54 Å². The van der Waals surface area contributed by atoms with Crippen LogP contribution in [0.3, 0.4) is 0 Å². The standard InChI is InChI=1S/C15H20N2O3/c1-11(15(19)20)9-16-6-7-17(10-16)14-5-3-4-13(8-14)12(2)18/h3-5,8,10-12,18H,6-7,9H2,1-2H3/p+1. The van der Waals surface area contributed by atoms with Crippen LogP contribution in [0.1, 0.15) is 25.5 Å². The Morgan fingerprint density at radius 1 is 1.45 bits per heavy atom. The van der Waals surface area contributed by atoms with Crippen LogP contribution in [-0.4, -0.2) is 46.7 Å². The van der Waals surface area contributed by atoms with E-state index in [4.69, 9.17) is 5.11 Å². The number of nitrogens with zero attached hydrogens (tertiary/aromatic N) is 2. The summed E-state index contributed by atoms with van der Waals surface area (Å²) in [6.45, 7) is 5.62. The zero-order valence-corrected chi connectivity index (χ0v) is 11.9. The van der Waals surface area contributed by atoms with Crippen molar-refractivity contribution in [1.82, 2.24) is 0 Å². The molecule has 0 amide bonds. The van der Waals surface area contributed by atoms with Crippen molar-refractivity contribution in [2.75, 3.05) is 24.5 Å². The number of benzene rings is 1. The third-order valence-corrected chi connectivity index (χ3v) is 3.55. The Bertz CT molecular complexity index is 526. The summed E-state index contributed by atoms with van der Waals surface area (Å²) in [4.78, 5) is 13.0. The van der Waals surface area contributed by atoms with Gasteiger partial charge in [-0.1, -0.05) is 12.1 Å². The molecule has 2 N–H and O–H groups in total. The average molecular weight is 277 g/mol. The fraction of sp³-hybridized carbons (Fsp3) is 0.467. The number of rotatable bonds is 5. The molecule has 2 atom stereocenters. The number of carboxylic acids is 1. The summed E-state index contributed by atoms with van der Waals surface area (Å²) >= 11 is 0. The first kappa shape index (κ1) is 14.5. The molecule has 1 aliphatic rings. The number of aliphatic carboxylic acids is 1. The largest absolute Gasteiger partial charge is 0.481 e. The number of anilines is 1. The molecule has 20 heavy (non-hydrogen) atoms. The Morgan fingerprint density at radius 3 is 2.85 bits per heavy atom. The molecule has 2 unspecified atom stereocenters. The van der Waals surface area contributed by atoms with Crippen LogP contribution >= 0.6 is 0 Å². The van der Waals surface area contributed by atoms with Crippen molar-refractivity contribution in [2.24, 2.45) is 5.92 Å². The van der Waals surface area contributed by atoms with Gasteiger partial charge in [-0.15, -0.1) is 0 Å². The van der Waals surface area contributed by atoms with E-state index in [1.807, 2.05) is 35.2 Å². The minimum Gasteiger partial charge on any atom is -0.481 e. The summed E-state index contributed by atoms with van der Waals surface area (Å²) in [7, 11) is 0. The van der Waals surface area contributed by atoms with E-state index in [1.165, 1.54) is 0 Å². The highest BCUT2D eigenvalue weighted by Crippen LogP contribution is 2.20. The van der Waals surface area contributed by atoms with Crippen LogP contribution in [0.4, 0.5) is 5.69 Å². The van der Waals surface area contributed by atoms with E-state index in [2.05, 4.69) is 4.90 Å². The molecule has 5 nitrogen and oxygen atoms in total. The average Bonchev–Trinajstić information content (AvgIpc) is 2.87. The topological polar surface area (TPSA) is 63.8 Å². The highest BCUT2D eigenvalue weighted by molar-refractivity contribution is 5.77. The third kappa shape index (κ3) is 3.36. The lowest BCUT2D eigenvalue weighted by Gasteiger charge is -2.09. The van der Waals surface area contributed by atoms with Crippen molar-refractivity contribution >= 4 is 18.0 Å². The summed E-state index contributed by atoms with van der Waals surface area (Å²) in [5.41, 5.74) is 1.90. The maximum atomic E-state index is 10.9. The molecule has 0 radical (unpaired) electrons. The fourth-order valence-corrected chi connectivity index (χ4v) is 2.28. The molecule has 0 saturated carbocycles. The van der Waals surface area contributed by atoms with Crippen LogP contribution in [0, 0.1) is 5.92 Å². The lowest BCUT2D eigenvalue weighted by molar-refractivity contribution is -0.518. The van der Waals surface area contributed by atoms with Gasteiger partial charge in [0.2, 0.25) is 6.34 Å². The molecule has 1 aromatic carbocycles. The molecule has 0 fully saturated rings. The molecular formula is C15H21N2O3+. The van der Waals surface area contributed by atoms with E-state index >= 15 is 0 Å². The molecule has 0 aromatic heterocycles. The number of carboxylic acid groups (broad SMARTS) is 1. The van der Waals surface area contributed by atoms with Crippen LogP contribution < -0.4 is 4.90 Å². The van der Waals surface area contributed by atoms with E-state index in [1.54, 1.807) is 13.8 Å². The van der Waals surface area contributed by atoms with Crippen molar-refractivity contribution in [2.45, 2.75) is 20.0 Å². The summed E-state index contributed by atoms with van der Waals surface area (Å²) in [5, 5.41) is 18.6. The minimum atomic E-state index is -0.770. The van der Waals surface area contributed by atoms with Crippen LogP contribution in [-0.2, 0) is 4.79 Å².